The fraction of sp³-hybridized carbons (Fsp3) is 0.0833. The largest absolute Gasteiger partial charge is 0.337 e. The van der Waals surface area contributed by atoms with Crippen molar-refractivity contribution in [3.05, 3.63) is 32.5 Å². The fourth-order valence-electron chi connectivity index (χ4n) is 1.89. The highest BCUT2D eigenvalue weighted by Gasteiger charge is 2.17. The van der Waals surface area contributed by atoms with E-state index < -0.39 is 9.84 Å². The van der Waals surface area contributed by atoms with Gasteiger partial charge < -0.3 is 4.98 Å². The zero-order valence-corrected chi connectivity index (χ0v) is 15.0. The van der Waals surface area contributed by atoms with Gasteiger partial charge in [-0.25, -0.2) is 13.4 Å². The van der Waals surface area contributed by atoms with Gasteiger partial charge in [0.25, 0.3) is 0 Å². The number of sulfone groups is 1. The average Bonchev–Trinajstić information content (AvgIpc) is 2.92. The molecule has 0 aliphatic heterocycles. The molecule has 8 heteroatoms. The van der Waals surface area contributed by atoms with Crippen LogP contribution in [0.4, 0.5) is 0 Å². The first-order valence-corrected chi connectivity index (χ1v) is 9.79. The number of nitrogens with one attached hydrogen (secondary N) is 1. The lowest BCUT2D eigenvalue weighted by Crippen LogP contribution is -1.97. The van der Waals surface area contributed by atoms with Gasteiger partial charge in [0, 0.05) is 10.7 Å². The summed E-state index contributed by atoms with van der Waals surface area (Å²) in [5.41, 5.74) is 1.19. The van der Waals surface area contributed by atoms with E-state index >= 15 is 0 Å². The summed E-state index contributed by atoms with van der Waals surface area (Å²) >= 11 is 8.39. The number of para-hydroxylation sites is 1. The number of imidazole rings is 1. The van der Waals surface area contributed by atoms with Gasteiger partial charge in [-0.1, -0.05) is 6.07 Å². The smallest absolute Gasteiger partial charge is 0.177 e. The molecule has 1 N–H and O–H groups in total. The van der Waals surface area contributed by atoms with E-state index in [0.29, 0.717) is 16.9 Å². The molecule has 0 aliphatic carbocycles. The van der Waals surface area contributed by atoms with Crippen molar-refractivity contribution in [2.45, 2.75) is 4.90 Å². The summed E-state index contributed by atoms with van der Waals surface area (Å²) in [6.45, 7) is 0. The molecule has 104 valence electrons. The number of nitrogens with zero attached hydrogens (tertiary/aromatic N) is 1. The monoisotopic (exact) mass is 434 g/mol. The molecule has 3 rings (SSSR count). The maximum atomic E-state index is 11.8. The molecule has 0 radical (unpaired) electrons. The van der Waals surface area contributed by atoms with E-state index in [0.717, 1.165) is 13.1 Å². The lowest BCUT2D eigenvalue weighted by Gasteiger charge is -1.97. The van der Waals surface area contributed by atoms with E-state index in [1.54, 1.807) is 12.1 Å². The van der Waals surface area contributed by atoms with Gasteiger partial charge in [0.05, 0.1) is 19.1 Å². The minimum Gasteiger partial charge on any atom is -0.337 e. The Morgan fingerprint density at radius 2 is 2.05 bits per heavy atom. The van der Waals surface area contributed by atoms with Gasteiger partial charge in [-0.15, -0.1) is 11.3 Å². The molecule has 2 heterocycles. The van der Waals surface area contributed by atoms with Gasteiger partial charge in [0.2, 0.25) is 0 Å². The highest BCUT2D eigenvalue weighted by molar-refractivity contribution is 9.13. The second-order valence-electron chi connectivity index (χ2n) is 4.24. The van der Waals surface area contributed by atoms with Crippen LogP contribution in [0.2, 0.25) is 0 Å². The van der Waals surface area contributed by atoms with Crippen LogP contribution < -0.4 is 0 Å². The van der Waals surface area contributed by atoms with Crippen LogP contribution in [0.5, 0.6) is 0 Å². The second-order valence-corrected chi connectivity index (χ2v) is 9.45. The Bertz CT molecular complexity index is 893. The van der Waals surface area contributed by atoms with E-state index in [-0.39, 0.29) is 4.90 Å². The number of hydrogen-bond acceptors (Lipinski definition) is 4. The van der Waals surface area contributed by atoms with Gasteiger partial charge in [-0.2, -0.15) is 0 Å². The Morgan fingerprint density at radius 3 is 2.65 bits per heavy atom. The third kappa shape index (κ3) is 2.45. The number of benzene rings is 1. The van der Waals surface area contributed by atoms with Crippen LogP contribution in [0.3, 0.4) is 0 Å². The molecule has 0 spiro atoms. The molecular formula is C12H8Br2N2O2S2. The molecular weight excluding hydrogens is 428 g/mol. The van der Waals surface area contributed by atoms with Crippen LogP contribution >= 0.6 is 43.2 Å². The molecule has 3 aromatic rings. The number of fused-ring (bicyclic) bond motifs is 1. The van der Waals surface area contributed by atoms with E-state index in [2.05, 4.69) is 41.8 Å². The van der Waals surface area contributed by atoms with Crippen molar-refractivity contribution in [3.63, 3.8) is 0 Å². The summed E-state index contributed by atoms with van der Waals surface area (Å²) in [7, 11) is -3.30. The molecule has 20 heavy (non-hydrogen) atoms. The van der Waals surface area contributed by atoms with Crippen LogP contribution in [0, 0.1) is 0 Å². The normalized spacial score (nSPS) is 12.2. The van der Waals surface area contributed by atoms with Crippen molar-refractivity contribution in [1.29, 1.82) is 0 Å². The standard InChI is InChI=1S/C12H8Br2N2O2S2/c1-20(17,18)9-4-2-3-7-10(9)16-12(15-7)8-5-6(13)11(14)19-8/h2-5H,1H3,(H,15,16). The van der Waals surface area contributed by atoms with Gasteiger partial charge in [-0.3, -0.25) is 0 Å². The molecule has 0 aliphatic rings. The average molecular weight is 436 g/mol. The molecule has 2 aromatic heterocycles. The van der Waals surface area contributed by atoms with E-state index in [4.69, 9.17) is 0 Å². The predicted octanol–water partition coefficient (Wildman–Crippen LogP) is 4.22. The van der Waals surface area contributed by atoms with Crippen LogP contribution in [-0.4, -0.2) is 24.6 Å². The number of rotatable bonds is 2. The SMILES string of the molecule is CS(=O)(=O)c1cccc2[nH]c(-c3cc(Br)c(Br)s3)nc12. The van der Waals surface area contributed by atoms with Crippen LogP contribution in [-0.2, 0) is 9.84 Å². The zero-order chi connectivity index (χ0) is 14.5. The Kier molecular flexibility index (Phi) is 3.52. The maximum absolute atomic E-state index is 11.8. The van der Waals surface area contributed by atoms with Gasteiger partial charge >= 0.3 is 0 Å². The molecule has 0 unspecified atom stereocenters. The van der Waals surface area contributed by atoms with Crippen molar-refractivity contribution >= 4 is 64.1 Å². The minimum atomic E-state index is -3.30. The molecule has 4 nitrogen and oxygen atoms in total. The Morgan fingerprint density at radius 1 is 1.30 bits per heavy atom. The number of aromatic amines is 1. The molecule has 0 amide bonds. The third-order valence-corrected chi connectivity index (χ3v) is 7.15. The van der Waals surface area contributed by atoms with E-state index in [9.17, 15) is 8.42 Å². The molecule has 0 fully saturated rings. The summed E-state index contributed by atoms with van der Waals surface area (Å²) in [6.07, 6.45) is 1.19. The molecule has 0 atom stereocenters. The third-order valence-electron chi connectivity index (χ3n) is 2.75. The van der Waals surface area contributed by atoms with Crippen molar-refractivity contribution in [1.82, 2.24) is 9.97 Å². The predicted molar refractivity (Wildman–Crippen MR) is 87.9 cm³/mol. The number of aromatic nitrogens is 2. The van der Waals surface area contributed by atoms with E-state index in [1.807, 2.05) is 12.1 Å². The maximum Gasteiger partial charge on any atom is 0.177 e. The van der Waals surface area contributed by atoms with Gasteiger partial charge in [0.15, 0.2) is 9.84 Å². The number of thiophene rings is 1. The highest BCUT2D eigenvalue weighted by Crippen LogP contribution is 2.38. The summed E-state index contributed by atoms with van der Waals surface area (Å²) in [5, 5.41) is 0. The van der Waals surface area contributed by atoms with E-state index in [1.165, 1.54) is 17.6 Å². The first-order chi connectivity index (χ1) is 9.36. The van der Waals surface area contributed by atoms with Crippen LogP contribution in [0.15, 0.2) is 37.4 Å². The Hall–Kier alpha value is -0.700. The lowest BCUT2D eigenvalue weighted by atomic mass is 10.3. The summed E-state index contributed by atoms with van der Waals surface area (Å²) in [4.78, 5) is 8.77. The number of halogens is 2. The Balaban J connectivity index is 2.26. The number of H-pyrrole nitrogens is 1. The van der Waals surface area contributed by atoms with Crippen molar-refractivity contribution in [3.8, 4) is 10.7 Å². The fourth-order valence-corrected chi connectivity index (χ4v) is 4.70. The topological polar surface area (TPSA) is 62.8 Å². The molecule has 1 aromatic carbocycles. The van der Waals surface area contributed by atoms with Crippen LogP contribution in [0.1, 0.15) is 0 Å². The van der Waals surface area contributed by atoms with Crippen molar-refractivity contribution in [2.75, 3.05) is 6.26 Å². The first-order valence-electron chi connectivity index (χ1n) is 5.50. The summed E-state index contributed by atoms with van der Waals surface area (Å²) in [6, 6.07) is 7.04. The summed E-state index contributed by atoms with van der Waals surface area (Å²) < 4.78 is 25.5. The van der Waals surface area contributed by atoms with Crippen molar-refractivity contribution < 1.29 is 8.42 Å². The minimum absolute atomic E-state index is 0.243. The number of hydrogen-bond donors (Lipinski definition) is 1. The Labute approximate surface area is 136 Å². The van der Waals surface area contributed by atoms with Gasteiger partial charge in [-0.05, 0) is 50.1 Å². The first kappa shape index (κ1) is 14.2. The second kappa shape index (κ2) is 4.94. The van der Waals surface area contributed by atoms with Crippen molar-refractivity contribution in [2.24, 2.45) is 0 Å². The summed E-state index contributed by atoms with van der Waals surface area (Å²) in [5.74, 6) is 0.660. The highest BCUT2D eigenvalue weighted by atomic mass is 79.9. The molecule has 0 saturated carbocycles. The van der Waals surface area contributed by atoms with Crippen LogP contribution in [0.25, 0.3) is 21.7 Å². The lowest BCUT2D eigenvalue weighted by molar-refractivity contribution is 0.602. The van der Waals surface area contributed by atoms with Gasteiger partial charge in [0.1, 0.15) is 11.3 Å². The quantitative estimate of drug-likeness (QED) is 0.655. The zero-order valence-electron chi connectivity index (χ0n) is 10.1. The molecule has 0 bridgehead atoms. The molecule has 0 saturated heterocycles.